The van der Waals surface area contributed by atoms with E-state index in [0.717, 1.165) is 52.7 Å². The lowest BCUT2D eigenvalue weighted by atomic mass is 10.3. The quantitative estimate of drug-likeness (QED) is 0.795. The standard InChI is InChI=1S/C13H18BrN5S/c1-3-5-15-12-11(14)13(18-8-17-12)16-6-4-10-7-20-9(2)19-10/h7-8H,3-6H2,1-2H3,(H2,15,16,17,18). The van der Waals surface area contributed by atoms with Crippen LogP contribution in [0.2, 0.25) is 0 Å². The van der Waals surface area contributed by atoms with Gasteiger partial charge < -0.3 is 10.6 Å². The minimum absolute atomic E-state index is 0.798. The van der Waals surface area contributed by atoms with E-state index >= 15 is 0 Å². The van der Waals surface area contributed by atoms with E-state index in [9.17, 15) is 0 Å². The average Bonchev–Trinajstić information content (AvgIpc) is 2.85. The fourth-order valence-electron chi connectivity index (χ4n) is 1.69. The number of aryl methyl sites for hydroxylation is 1. The molecule has 0 aliphatic heterocycles. The summed E-state index contributed by atoms with van der Waals surface area (Å²) in [4.78, 5) is 12.9. The summed E-state index contributed by atoms with van der Waals surface area (Å²) in [5, 5.41) is 9.78. The Balaban J connectivity index is 1.92. The number of nitrogens with one attached hydrogen (secondary N) is 2. The van der Waals surface area contributed by atoms with Gasteiger partial charge in [0.1, 0.15) is 22.4 Å². The van der Waals surface area contributed by atoms with E-state index < -0.39 is 0 Å². The highest BCUT2D eigenvalue weighted by molar-refractivity contribution is 9.10. The molecule has 2 N–H and O–H groups in total. The second kappa shape index (κ2) is 7.54. The van der Waals surface area contributed by atoms with Gasteiger partial charge in [-0.3, -0.25) is 0 Å². The Morgan fingerprint density at radius 3 is 2.50 bits per heavy atom. The molecule has 0 radical (unpaired) electrons. The van der Waals surface area contributed by atoms with E-state index in [1.165, 1.54) is 0 Å². The van der Waals surface area contributed by atoms with Crippen molar-refractivity contribution >= 4 is 38.9 Å². The summed E-state index contributed by atoms with van der Waals surface area (Å²) >= 11 is 5.22. The van der Waals surface area contributed by atoms with Crippen molar-refractivity contribution in [3.05, 3.63) is 26.9 Å². The maximum absolute atomic E-state index is 4.44. The predicted molar refractivity (Wildman–Crippen MR) is 87.6 cm³/mol. The van der Waals surface area contributed by atoms with Crippen molar-refractivity contribution in [3.63, 3.8) is 0 Å². The maximum atomic E-state index is 4.44. The number of rotatable bonds is 7. The van der Waals surface area contributed by atoms with Crippen LogP contribution in [0.25, 0.3) is 0 Å². The third-order valence-corrected chi connectivity index (χ3v) is 4.25. The average molecular weight is 356 g/mol. The van der Waals surface area contributed by atoms with Crippen LogP contribution < -0.4 is 10.6 Å². The van der Waals surface area contributed by atoms with Gasteiger partial charge in [0.2, 0.25) is 0 Å². The molecule has 0 atom stereocenters. The Kier molecular flexibility index (Phi) is 5.72. The molecule has 0 saturated carbocycles. The highest BCUT2D eigenvalue weighted by Gasteiger charge is 2.08. The van der Waals surface area contributed by atoms with E-state index in [-0.39, 0.29) is 0 Å². The van der Waals surface area contributed by atoms with Gasteiger partial charge in [-0.1, -0.05) is 6.92 Å². The van der Waals surface area contributed by atoms with E-state index in [0.29, 0.717) is 0 Å². The Labute approximate surface area is 131 Å². The maximum Gasteiger partial charge on any atom is 0.145 e. The third kappa shape index (κ3) is 4.14. The lowest BCUT2D eigenvalue weighted by Crippen LogP contribution is -2.10. The van der Waals surface area contributed by atoms with Crippen molar-refractivity contribution in [2.24, 2.45) is 0 Å². The predicted octanol–water partition coefficient (Wildman–Crippen LogP) is 3.48. The normalized spacial score (nSPS) is 10.6. The molecular weight excluding hydrogens is 338 g/mol. The molecule has 20 heavy (non-hydrogen) atoms. The number of aromatic nitrogens is 3. The van der Waals surface area contributed by atoms with Crippen LogP contribution >= 0.6 is 27.3 Å². The molecule has 0 saturated heterocycles. The summed E-state index contributed by atoms with van der Waals surface area (Å²) in [5.41, 5.74) is 1.12. The number of hydrogen-bond acceptors (Lipinski definition) is 6. The van der Waals surface area contributed by atoms with Crippen molar-refractivity contribution in [3.8, 4) is 0 Å². The fraction of sp³-hybridized carbons (Fsp3) is 0.462. The van der Waals surface area contributed by atoms with Crippen molar-refractivity contribution in [2.45, 2.75) is 26.7 Å². The lowest BCUT2D eigenvalue weighted by Gasteiger charge is -2.10. The molecule has 0 amide bonds. The van der Waals surface area contributed by atoms with Crippen molar-refractivity contribution in [1.82, 2.24) is 15.0 Å². The molecule has 0 unspecified atom stereocenters. The molecule has 0 aromatic carbocycles. The second-order valence-electron chi connectivity index (χ2n) is 4.35. The first-order valence-electron chi connectivity index (χ1n) is 6.60. The molecule has 0 spiro atoms. The fourth-order valence-corrected chi connectivity index (χ4v) is 2.82. The van der Waals surface area contributed by atoms with Crippen LogP contribution in [0, 0.1) is 6.92 Å². The monoisotopic (exact) mass is 355 g/mol. The summed E-state index contributed by atoms with van der Waals surface area (Å²) in [6, 6.07) is 0. The highest BCUT2D eigenvalue weighted by atomic mass is 79.9. The molecule has 0 aliphatic rings. The molecule has 108 valence electrons. The molecule has 2 aromatic rings. The van der Waals surface area contributed by atoms with Crippen molar-refractivity contribution in [1.29, 1.82) is 0 Å². The topological polar surface area (TPSA) is 62.7 Å². The summed E-state index contributed by atoms with van der Waals surface area (Å²) in [6.45, 7) is 5.84. The van der Waals surface area contributed by atoms with Gasteiger partial charge >= 0.3 is 0 Å². The van der Waals surface area contributed by atoms with Crippen molar-refractivity contribution < 1.29 is 0 Å². The largest absolute Gasteiger partial charge is 0.369 e. The van der Waals surface area contributed by atoms with Crippen LogP contribution in [0.1, 0.15) is 24.0 Å². The molecule has 0 bridgehead atoms. The first-order valence-corrected chi connectivity index (χ1v) is 8.27. The number of nitrogens with zero attached hydrogens (tertiary/aromatic N) is 3. The molecule has 2 aromatic heterocycles. The third-order valence-electron chi connectivity index (χ3n) is 2.67. The number of anilines is 2. The zero-order valence-corrected chi connectivity index (χ0v) is 14.0. The minimum atomic E-state index is 0.798. The summed E-state index contributed by atoms with van der Waals surface area (Å²) in [6.07, 6.45) is 3.51. The van der Waals surface area contributed by atoms with Gasteiger partial charge in [-0.2, -0.15) is 0 Å². The van der Waals surface area contributed by atoms with Crippen LogP contribution in [0.5, 0.6) is 0 Å². The zero-order chi connectivity index (χ0) is 14.4. The summed E-state index contributed by atoms with van der Waals surface area (Å²) in [7, 11) is 0. The molecular formula is C13H18BrN5S. The SMILES string of the molecule is CCCNc1ncnc(NCCc2csc(C)n2)c1Br. The molecule has 2 heterocycles. The van der Waals surface area contributed by atoms with E-state index in [2.05, 4.69) is 53.8 Å². The molecule has 7 heteroatoms. The molecule has 0 fully saturated rings. The van der Waals surface area contributed by atoms with Crippen LogP contribution in [-0.2, 0) is 6.42 Å². The van der Waals surface area contributed by atoms with Gasteiger partial charge in [0.25, 0.3) is 0 Å². The smallest absolute Gasteiger partial charge is 0.145 e. The van der Waals surface area contributed by atoms with Gasteiger partial charge in [-0.05, 0) is 29.3 Å². The first kappa shape index (κ1) is 15.2. The van der Waals surface area contributed by atoms with Gasteiger partial charge in [-0.25, -0.2) is 15.0 Å². The van der Waals surface area contributed by atoms with E-state index in [4.69, 9.17) is 0 Å². The molecule has 5 nitrogen and oxygen atoms in total. The number of halogens is 1. The second-order valence-corrected chi connectivity index (χ2v) is 6.20. The van der Waals surface area contributed by atoms with Crippen LogP contribution in [-0.4, -0.2) is 28.0 Å². The Morgan fingerprint density at radius 1 is 1.20 bits per heavy atom. The summed E-state index contributed by atoms with van der Waals surface area (Å²) in [5.74, 6) is 1.64. The van der Waals surface area contributed by atoms with Gasteiger partial charge in [0.05, 0.1) is 10.7 Å². The molecule has 2 rings (SSSR count). The first-order chi connectivity index (χ1) is 9.70. The van der Waals surface area contributed by atoms with Crippen LogP contribution in [0.15, 0.2) is 16.2 Å². The minimum Gasteiger partial charge on any atom is -0.369 e. The van der Waals surface area contributed by atoms with Gasteiger partial charge in [-0.15, -0.1) is 11.3 Å². The Bertz CT molecular complexity index is 557. The lowest BCUT2D eigenvalue weighted by molar-refractivity contribution is 0.945. The summed E-state index contributed by atoms with van der Waals surface area (Å²) < 4.78 is 0.878. The van der Waals surface area contributed by atoms with E-state index in [1.807, 2.05) is 6.92 Å². The number of hydrogen-bond donors (Lipinski definition) is 2. The van der Waals surface area contributed by atoms with E-state index in [1.54, 1.807) is 17.7 Å². The Hall–Kier alpha value is -1.21. The zero-order valence-electron chi connectivity index (χ0n) is 11.6. The van der Waals surface area contributed by atoms with Crippen LogP contribution in [0.3, 0.4) is 0 Å². The van der Waals surface area contributed by atoms with Crippen LogP contribution in [0.4, 0.5) is 11.6 Å². The highest BCUT2D eigenvalue weighted by Crippen LogP contribution is 2.26. The van der Waals surface area contributed by atoms with Gasteiger partial charge in [0, 0.05) is 24.9 Å². The molecule has 0 aliphatic carbocycles. The number of thiazole rings is 1. The Morgan fingerprint density at radius 2 is 1.90 bits per heavy atom. The van der Waals surface area contributed by atoms with Crippen molar-refractivity contribution in [2.75, 3.05) is 23.7 Å². The van der Waals surface area contributed by atoms with Gasteiger partial charge in [0.15, 0.2) is 0 Å².